The number of anilines is 1. The van der Waals surface area contributed by atoms with Crippen LogP contribution in [0.15, 0.2) is 18.3 Å². The number of nitrogens with zero attached hydrogens (tertiary/aromatic N) is 2. The molecule has 3 rings (SSSR count). The summed E-state index contributed by atoms with van der Waals surface area (Å²) in [7, 11) is 0. The zero-order valence-corrected chi connectivity index (χ0v) is 11.3. The Morgan fingerprint density at radius 3 is 2.75 bits per heavy atom. The molecule has 1 N–H and O–H groups in total. The molecule has 2 aliphatic rings. The monoisotopic (exact) mass is 281 g/mol. The highest BCUT2D eigenvalue weighted by molar-refractivity contribution is 5.88. The van der Waals surface area contributed by atoms with Crippen molar-refractivity contribution in [1.29, 1.82) is 0 Å². The molecule has 2 heterocycles. The Hall–Kier alpha value is -1.72. The van der Waals surface area contributed by atoms with Gasteiger partial charge in [-0.3, -0.25) is 20.2 Å². The standard InChI is InChI=1S/C14H17F2N3O/c1-13(15,16)11-8-10(4-7-17-11)19-9-14(12(20)18-19)5-2-3-6-14/h4,7-8H,2-3,5-6,9H2,1H3,(H,18,20). The molecular weight excluding hydrogens is 264 g/mol. The van der Waals surface area contributed by atoms with Gasteiger partial charge >= 0.3 is 0 Å². The van der Waals surface area contributed by atoms with Crippen LogP contribution in [0.3, 0.4) is 0 Å². The lowest BCUT2D eigenvalue weighted by Gasteiger charge is -2.21. The summed E-state index contributed by atoms with van der Waals surface area (Å²) in [6.07, 6.45) is 5.20. The van der Waals surface area contributed by atoms with E-state index in [4.69, 9.17) is 0 Å². The molecule has 1 aromatic heterocycles. The molecule has 1 aliphatic heterocycles. The van der Waals surface area contributed by atoms with E-state index in [0.29, 0.717) is 12.2 Å². The minimum atomic E-state index is -2.98. The summed E-state index contributed by atoms with van der Waals surface area (Å²) in [6, 6.07) is 2.98. The fraction of sp³-hybridized carbons (Fsp3) is 0.571. The number of alkyl halides is 2. The first-order valence-corrected chi connectivity index (χ1v) is 6.84. The average molecular weight is 281 g/mol. The zero-order chi connectivity index (χ0) is 14.4. The number of halogens is 2. The van der Waals surface area contributed by atoms with Crippen LogP contribution < -0.4 is 10.4 Å². The lowest BCUT2D eigenvalue weighted by molar-refractivity contribution is -0.126. The Bertz CT molecular complexity index is 535. The summed E-state index contributed by atoms with van der Waals surface area (Å²) in [5.41, 5.74) is 2.75. The molecule has 0 atom stereocenters. The van der Waals surface area contributed by atoms with E-state index < -0.39 is 5.92 Å². The van der Waals surface area contributed by atoms with E-state index in [9.17, 15) is 13.6 Å². The molecule has 4 nitrogen and oxygen atoms in total. The van der Waals surface area contributed by atoms with Gasteiger partial charge in [0.15, 0.2) is 0 Å². The number of carbonyl (C=O) groups excluding carboxylic acids is 1. The van der Waals surface area contributed by atoms with Gasteiger partial charge in [-0.2, -0.15) is 8.78 Å². The first kappa shape index (κ1) is 13.3. The number of amides is 1. The van der Waals surface area contributed by atoms with E-state index in [-0.39, 0.29) is 17.0 Å². The maximum Gasteiger partial charge on any atom is 0.287 e. The summed E-state index contributed by atoms with van der Waals surface area (Å²) >= 11 is 0. The Kier molecular flexibility index (Phi) is 2.92. The molecule has 6 heteroatoms. The largest absolute Gasteiger partial charge is 0.287 e. The lowest BCUT2D eigenvalue weighted by Crippen LogP contribution is -2.33. The topological polar surface area (TPSA) is 45.2 Å². The minimum Gasteiger partial charge on any atom is -0.284 e. The minimum absolute atomic E-state index is 0.0108. The van der Waals surface area contributed by atoms with Gasteiger partial charge in [-0.05, 0) is 25.0 Å². The van der Waals surface area contributed by atoms with Crippen LogP contribution in [-0.2, 0) is 10.7 Å². The van der Waals surface area contributed by atoms with E-state index >= 15 is 0 Å². The summed E-state index contributed by atoms with van der Waals surface area (Å²) in [4.78, 5) is 15.8. The van der Waals surface area contributed by atoms with Gasteiger partial charge in [0.05, 0.1) is 17.6 Å². The molecular formula is C14H17F2N3O. The quantitative estimate of drug-likeness (QED) is 0.906. The van der Waals surface area contributed by atoms with Crippen LogP contribution in [0.4, 0.5) is 14.5 Å². The maximum atomic E-state index is 13.3. The van der Waals surface area contributed by atoms with Crippen molar-refractivity contribution in [3.8, 4) is 0 Å². The second-order valence-electron chi connectivity index (χ2n) is 5.80. The highest BCUT2D eigenvalue weighted by Crippen LogP contribution is 2.42. The maximum absolute atomic E-state index is 13.3. The van der Waals surface area contributed by atoms with Crippen molar-refractivity contribution in [3.63, 3.8) is 0 Å². The molecule has 0 bridgehead atoms. The van der Waals surface area contributed by atoms with Gasteiger partial charge in [0, 0.05) is 13.1 Å². The Balaban J connectivity index is 1.86. The van der Waals surface area contributed by atoms with E-state index in [0.717, 1.165) is 32.6 Å². The van der Waals surface area contributed by atoms with Crippen LogP contribution in [0.1, 0.15) is 38.3 Å². The molecule has 1 saturated carbocycles. The number of pyridine rings is 1. The van der Waals surface area contributed by atoms with Gasteiger partial charge in [-0.25, -0.2) is 0 Å². The molecule has 20 heavy (non-hydrogen) atoms. The molecule has 108 valence electrons. The summed E-state index contributed by atoms with van der Waals surface area (Å²) < 4.78 is 26.6. The van der Waals surface area contributed by atoms with E-state index in [2.05, 4.69) is 10.4 Å². The fourth-order valence-electron chi connectivity index (χ4n) is 3.08. The van der Waals surface area contributed by atoms with Crippen molar-refractivity contribution in [2.24, 2.45) is 5.41 Å². The van der Waals surface area contributed by atoms with Crippen LogP contribution in [0, 0.1) is 5.41 Å². The predicted octanol–water partition coefficient (Wildman–Crippen LogP) is 2.60. The number of rotatable bonds is 2. The van der Waals surface area contributed by atoms with Crippen LogP contribution in [0.5, 0.6) is 0 Å². The van der Waals surface area contributed by atoms with Gasteiger partial charge in [0.2, 0.25) is 5.91 Å². The van der Waals surface area contributed by atoms with Crippen LogP contribution in [0.2, 0.25) is 0 Å². The molecule has 1 aromatic rings. The number of nitrogens with one attached hydrogen (secondary N) is 1. The number of hydrogen-bond acceptors (Lipinski definition) is 3. The van der Waals surface area contributed by atoms with Crippen molar-refractivity contribution >= 4 is 11.6 Å². The Morgan fingerprint density at radius 1 is 1.40 bits per heavy atom. The summed E-state index contributed by atoms with van der Waals surface area (Å²) in [5, 5.41) is 1.67. The molecule has 1 aliphatic carbocycles. The van der Waals surface area contributed by atoms with Crippen molar-refractivity contribution in [3.05, 3.63) is 24.0 Å². The van der Waals surface area contributed by atoms with Gasteiger partial charge in [-0.15, -0.1) is 0 Å². The zero-order valence-electron chi connectivity index (χ0n) is 11.3. The highest BCUT2D eigenvalue weighted by atomic mass is 19.3. The Morgan fingerprint density at radius 2 is 2.10 bits per heavy atom. The number of aromatic nitrogens is 1. The third kappa shape index (κ3) is 2.13. The van der Waals surface area contributed by atoms with Gasteiger partial charge in [-0.1, -0.05) is 12.8 Å². The van der Waals surface area contributed by atoms with Crippen LogP contribution in [-0.4, -0.2) is 17.4 Å². The van der Waals surface area contributed by atoms with E-state index in [1.165, 1.54) is 12.3 Å². The number of carbonyl (C=O) groups is 1. The normalized spacial score (nSPS) is 21.6. The highest BCUT2D eigenvalue weighted by Gasteiger charge is 2.48. The third-order valence-corrected chi connectivity index (χ3v) is 4.24. The lowest BCUT2D eigenvalue weighted by atomic mass is 9.86. The average Bonchev–Trinajstić information content (AvgIpc) is 2.99. The van der Waals surface area contributed by atoms with Crippen molar-refractivity contribution in [2.75, 3.05) is 11.6 Å². The molecule has 1 amide bonds. The summed E-state index contributed by atoms with van der Waals surface area (Å²) in [6.45, 7) is 1.37. The molecule has 0 radical (unpaired) electrons. The molecule has 1 saturated heterocycles. The molecule has 2 fully saturated rings. The molecule has 0 unspecified atom stereocenters. The predicted molar refractivity (Wildman–Crippen MR) is 70.2 cm³/mol. The molecule has 0 aromatic carbocycles. The van der Waals surface area contributed by atoms with Gasteiger partial charge < -0.3 is 0 Å². The first-order chi connectivity index (χ1) is 9.41. The second kappa shape index (κ2) is 4.40. The van der Waals surface area contributed by atoms with Gasteiger partial charge in [0.1, 0.15) is 5.69 Å². The van der Waals surface area contributed by atoms with Crippen LogP contribution in [0.25, 0.3) is 0 Å². The van der Waals surface area contributed by atoms with E-state index in [1.54, 1.807) is 11.1 Å². The summed E-state index contributed by atoms with van der Waals surface area (Å²) in [5.74, 6) is -2.97. The first-order valence-electron chi connectivity index (χ1n) is 6.84. The Labute approximate surface area is 116 Å². The molecule has 1 spiro atoms. The smallest absolute Gasteiger partial charge is 0.284 e. The van der Waals surface area contributed by atoms with Gasteiger partial charge in [0.25, 0.3) is 5.92 Å². The second-order valence-corrected chi connectivity index (χ2v) is 5.80. The van der Waals surface area contributed by atoms with E-state index in [1.807, 2.05) is 0 Å². The third-order valence-electron chi connectivity index (χ3n) is 4.24. The number of hydrogen-bond donors (Lipinski definition) is 1. The van der Waals surface area contributed by atoms with Crippen molar-refractivity contribution in [2.45, 2.75) is 38.5 Å². The van der Waals surface area contributed by atoms with Crippen molar-refractivity contribution in [1.82, 2.24) is 10.4 Å². The fourth-order valence-corrected chi connectivity index (χ4v) is 3.08. The SMILES string of the molecule is CC(F)(F)c1cc(N2CC3(CCCC3)C(=O)N2)ccn1. The van der Waals surface area contributed by atoms with Crippen LogP contribution >= 0.6 is 0 Å². The number of hydrazine groups is 1. The van der Waals surface area contributed by atoms with Crippen molar-refractivity contribution < 1.29 is 13.6 Å².